The van der Waals surface area contributed by atoms with Crippen LogP contribution in [0.2, 0.25) is 0 Å². The zero-order valence-electron chi connectivity index (χ0n) is 12.4. The molecule has 6 nitrogen and oxygen atoms in total. The predicted octanol–water partition coefficient (Wildman–Crippen LogP) is 1.00. The van der Waals surface area contributed by atoms with E-state index in [2.05, 4.69) is 4.72 Å². The molecule has 3 N–H and O–H groups in total. The summed E-state index contributed by atoms with van der Waals surface area (Å²) in [6.07, 6.45) is 0.660. The Bertz CT molecular complexity index is 595. The number of sulfonamides is 1. The zero-order chi connectivity index (χ0) is 15.5. The van der Waals surface area contributed by atoms with Crippen molar-refractivity contribution in [2.45, 2.75) is 37.2 Å². The lowest BCUT2D eigenvalue weighted by atomic mass is 10.0. The van der Waals surface area contributed by atoms with Gasteiger partial charge in [0.2, 0.25) is 10.0 Å². The number of hydrogen-bond donors (Lipinski definition) is 2. The Hall–Kier alpha value is -1.15. The third-order valence-electron chi connectivity index (χ3n) is 3.46. The average molecular weight is 314 g/mol. The molecule has 1 saturated heterocycles. The smallest absolute Gasteiger partial charge is 0.241 e. The lowest BCUT2D eigenvalue weighted by Crippen LogP contribution is -2.46. The van der Waals surface area contributed by atoms with Crippen LogP contribution < -0.4 is 15.2 Å². The molecule has 0 aliphatic carbocycles. The Kier molecular flexibility index (Phi) is 4.88. The van der Waals surface area contributed by atoms with Gasteiger partial charge in [-0.15, -0.1) is 0 Å². The quantitative estimate of drug-likeness (QED) is 0.817. The summed E-state index contributed by atoms with van der Waals surface area (Å²) >= 11 is 0. The monoisotopic (exact) mass is 314 g/mol. The standard InChI is InChI=1S/C14H22N2O4S/c1-3-20-13-5-4-12(8-11(13)9-15)21(17,18)16-14(2)6-7-19-10-14/h4-5,8,16H,3,6-7,9-10,15H2,1-2H3. The minimum absolute atomic E-state index is 0.194. The highest BCUT2D eigenvalue weighted by Gasteiger charge is 2.34. The molecule has 21 heavy (non-hydrogen) atoms. The van der Waals surface area contributed by atoms with Crippen molar-refractivity contribution in [2.24, 2.45) is 5.73 Å². The molecule has 2 rings (SSSR count). The third-order valence-corrected chi connectivity index (χ3v) is 5.10. The maximum atomic E-state index is 12.5. The van der Waals surface area contributed by atoms with Gasteiger partial charge < -0.3 is 15.2 Å². The van der Waals surface area contributed by atoms with Gasteiger partial charge in [0.25, 0.3) is 0 Å². The lowest BCUT2D eigenvalue weighted by Gasteiger charge is -2.23. The van der Waals surface area contributed by atoms with Crippen molar-refractivity contribution in [1.29, 1.82) is 0 Å². The van der Waals surface area contributed by atoms with Crippen molar-refractivity contribution in [1.82, 2.24) is 4.72 Å². The van der Waals surface area contributed by atoms with Crippen LogP contribution in [0.25, 0.3) is 0 Å². The number of benzene rings is 1. The van der Waals surface area contributed by atoms with Crippen molar-refractivity contribution >= 4 is 10.0 Å². The molecule has 1 heterocycles. The second-order valence-corrected chi connectivity index (χ2v) is 7.06. The second kappa shape index (κ2) is 6.31. The summed E-state index contributed by atoms with van der Waals surface area (Å²) in [4.78, 5) is 0.194. The van der Waals surface area contributed by atoms with Crippen LogP contribution in [-0.4, -0.2) is 33.8 Å². The summed E-state index contributed by atoms with van der Waals surface area (Å²) in [5.41, 5.74) is 5.79. The van der Waals surface area contributed by atoms with Crippen LogP contribution in [0, 0.1) is 0 Å². The molecule has 0 saturated carbocycles. The van der Waals surface area contributed by atoms with Gasteiger partial charge in [-0.3, -0.25) is 0 Å². The van der Waals surface area contributed by atoms with Crippen molar-refractivity contribution in [3.63, 3.8) is 0 Å². The van der Waals surface area contributed by atoms with Gasteiger partial charge in [0, 0.05) is 18.7 Å². The van der Waals surface area contributed by atoms with E-state index in [0.717, 1.165) is 0 Å². The minimum Gasteiger partial charge on any atom is -0.494 e. The van der Waals surface area contributed by atoms with Crippen molar-refractivity contribution in [3.05, 3.63) is 23.8 Å². The molecule has 1 aliphatic rings. The van der Waals surface area contributed by atoms with E-state index in [1.807, 2.05) is 13.8 Å². The fraction of sp³-hybridized carbons (Fsp3) is 0.571. The summed E-state index contributed by atoms with van der Waals surface area (Å²) in [5, 5.41) is 0. The molecule has 0 spiro atoms. The van der Waals surface area contributed by atoms with Gasteiger partial charge in [0.15, 0.2) is 0 Å². The van der Waals surface area contributed by atoms with Crippen LogP contribution in [-0.2, 0) is 21.3 Å². The molecule has 0 amide bonds. The van der Waals surface area contributed by atoms with E-state index in [4.69, 9.17) is 15.2 Å². The van der Waals surface area contributed by atoms with E-state index < -0.39 is 15.6 Å². The molecule has 1 fully saturated rings. The first-order valence-corrected chi connectivity index (χ1v) is 8.46. The van der Waals surface area contributed by atoms with Crippen molar-refractivity contribution in [3.8, 4) is 5.75 Å². The Labute approximate surface area is 125 Å². The number of nitrogens with one attached hydrogen (secondary N) is 1. The molecule has 0 bridgehead atoms. The molecule has 7 heteroatoms. The molecule has 1 aromatic carbocycles. The molecule has 0 radical (unpaired) electrons. The normalized spacial score (nSPS) is 22.4. The van der Waals surface area contributed by atoms with E-state index in [1.54, 1.807) is 12.1 Å². The highest BCUT2D eigenvalue weighted by atomic mass is 32.2. The number of hydrogen-bond acceptors (Lipinski definition) is 5. The van der Waals surface area contributed by atoms with Crippen LogP contribution in [0.5, 0.6) is 5.75 Å². The predicted molar refractivity (Wildman–Crippen MR) is 79.7 cm³/mol. The molecule has 118 valence electrons. The highest BCUT2D eigenvalue weighted by molar-refractivity contribution is 7.89. The van der Waals surface area contributed by atoms with E-state index in [0.29, 0.717) is 37.6 Å². The summed E-state index contributed by atoms with van der Waals surface area (Å²) in [7, 11) is -3.61. The van der Waals surface area contributed by atoms with Gasteiger partial charge >= 0.3 is 0 Å². The molecular formula is C14H22N2O4S. The topological polar surface area (TPSA) is 90.7 Å². The SMILES string of the molecule is CCOc1ccc(S(=O)(=O)NC2(C)CCOC2)cc1CN. The Morgan fingerprint density at radius 3 is 2.81 bits per heavy atom. The van der Waals surface area contributed by atoms with Crippen molar-refractivity contribution in [2.75, 3.05) is 19.8 Å². The lowest BCUT2D eigenvalue weighted by molar-refractivity contribution is 0.178. The van der Waals surface area contributed by atoms with Crippen LogP contribution >= 0.6 is 0 Å². The first-order chi connectivity index (χ1) is 9.90. The van der Waals surface area contributed by atoms with Crippen LogP contribution in [0.3, 0.4) is 0 Å². The minimum atomic E-state index is -3.61. The Morgan fingerprint density at radius 1 is 1.48 bits per heavy atom. The summed E-state index contributed by atoms with van der Waals surface area (Å²) in [5.74, 6) is 0.620. The summed E-state index contributed by atoms with van der Waals surface area (Å²) in [6, 6.07) is 4.74. The van der Waals surface area contributed by atoms with E-state index in [-0.39, 0.29) is 11.4 Å². The van der Waals surface area contributed by atoms with Gasteiger partial charge in [0.1, 0.15) is 5.75 Å². The molecular weight excluding hydrogens is 292 g/mol. The maximum absolute atomic E-state index is 12.5. The van der Waals surface area contributed by atoms with Gasteiger partial charge in [-0.25, -0.2) is 13.1 Å². The summed E-state index contributed by atoms with van der Waals surface area (Å²) < 4.78 is 38.4. The molecule has 0 aromatic heterocycles. The first-order valence-electron chi connectivity index (χ1n) is 6.98. The van der Waals surface area contributed by atoms with Gasteiger partial charge in [-0.05, 0) is 38.5 Å². The number of nitrogens with two attached hydrogens (primary N) is 1. The Morgan fingerprint density at radius 2 is 2.24 bits per heavy atom. The van der Waals surface area contributed by atoms with E-state index in [1.165, 1.54) is 6.07 Å². The second-order valence-electron chi connectivity index (χ2n) is 5.38. The molecule has 1 atom stereocenters. The van der Waals surface area contributed by atoms with E-state index >= 15 is 0 Å². The Balaban J connectivity index is 2.27. The van der Waals surface area contributed by atoms with Gasteiger partial charge in [0.05, 0.1) is 23.6 Å². The van der Waals surface area contributed by atoms with Crippen LogP contribution in [0.1, 0.15) is 25.8 Å². The zero-order valence-corrected chi connectivity index (χ0v) is 13.2. The van der Waals surface area contributed by atoms with Gasteiger partial charge in [-0.1, -0.05) is 0 Å². The fourth-order valence-corrected chi connectivity index (χ4v) is 3.78. The largest absolute Gasteiger partial charge is 0.494 e. The van der Waals surface area contributed by atoms with Crippen LogP contribution in [0.15, 0.2) is 23.1 Å². The van der Waals surface area contributed by atoms with Crippen molar-refractivity contribution < 1.29 is 17.9 Å². The number of rotatable bonds is 6. The maximum Gasteiger partial charge on any atom is 0.241 e. The average Bonchev–Trinajstić information content (AvgIpc) is 2.84. The number of ether oxygens (including phenoxy) is 2. The van der Waals surface area contributed by atoms with E-state index in [9.17, 15) is 8.42 Å². The molecule has 1 aromatic rings. The van der Waals surface area contributed by atoms with Crippen LogP contribution in [0.4, 0.5) is 0 Å². The molecule has 1 unspecified atom stereocenters. The first kappa shape index (κ1) is 16.2. The summed E-state index contributed by atoms with van der Waals surface area (Å²) in [6.45, 7) is 5.39. The van der Waals surface area contributed by atoms with Gasteiger partial charge in [-0.2, -0.15) is 0 Å². The third kappa shape index (κ3) is 3.74. The fourth-order valence-electron chi connectivity index (χ4n) is 2.31. The highest BCUT2D eigenvalue weighted by Crippen LogP contribution is 2.25. The molecule has 1 aliphatic heterocycles.